The lowest BCUT2D eigenvalue weighted by Crippen LogP contribution is -2.32. The molecule has 0 bridgehead atoms. The summed E-state index contributed by atoms with van der Waals surface area (Å²) in [7, 11) is 0. The molecule has 1 aliphatic rings. The molecule has 0 saturated carbocycles. The maximum atomic E-state index is 12.7. The number of carbonyl (C=O) groups is 1. The monoisotopic (exact) mass is 300 g/mol. The third kappa shape index (κ3) is 2.73. The van der Waals surface area contributed by atoms with Gasteiger partial charge in [0.2, 0.25) is 5.91 Å². The summed E-state index contributed by atoms with van der Waals surface area (Å²) in [5.74, 6) is 0.817. The molecule has 1 atom stereocenters. The minimum atomic E-state index is 0.0281. The molecule has 1 fully saturated rings. The van der Waals surface area contributed by atoms with Crippen molar-refractivity contribution in [2.24, 2.45) is 0 Å². The molecule has 6 nitrogen and oxygen atoms in total. The van der Waals surface area contributed by atoms with Crippen LogP contribution in [0.15, 0.2) is 16.9 Å². The van der Waals surface area contributed by atoms with Gasteiger partial charge >= 0.3 is 0 Å². The molecule has 0 aliphatic carbocycles. The summed E-state index contributed by atoms with van der Waals surface area (Å²) < 4.78 is 5.14. The number of amides is 1. The molecule has 0 aromatic carbocycles. The molecular formula is C16H20N4O2. The highest BCUT2D eigenvalue weighted by molar-refractivity contribution is 5.80. The van der Waals surface area contributed by atoms with Gasteiger partial charge in [-0.1, -0.05) is 5.16 Å². The lowest BCUT2D eigenvalue weighted by molar-refractivity contribution is -0.131. The van der Waals surface area contributed by atoms with Crippen molar-refractivity contribution in [3.63, 3.8) is 0 Å². The van der Waals surface area contributed by atoms with Crippen molar-refractivity contribution in [3.8, 4) is 0 Å². The largest absolute Gasteiger partial charge is 0.361 e. The summed E-state index contributed by atoms with van der Waals surface area (Å²) in [5.41, 5.74) is 3.44. The van der Waals surface area contributed by atoms with Crippen LogP contribution in [0.2, 0.25) is 0 Å². The molecule has 1 amide bonds. The van der Waals surface area contributed by atoms with Gasteiger partial charge in [0, 0.05) is 18.3 Å². The fourth-order valence-electron chi connectivity index (χ4n) is 3.02. The lowest BCUT2D eigenvalue weighted by Gasteiger charge is -2.24. The van der Waals surface area contributed by atoms with Crippen molar-refractivity contribution < 1.29 is 9.32 Å². The first-order chi connectivity index (χ1) is 10.6. The summed E-state index contributed by atoms with van der Waals surface area (Å²) in [6.07, 6.45) is 5.75. The molecule has 6 heteroatoms. The third-order valence-electron chi connectivity index (χ3n) is 4.20. The Balaban J connectivity index is 1.80. The molecule has 1 unspecified atom stereocenters. The van der Waals surface area contributed by atoms with Gasteiger partial charge < -0.3 is 9.42 Å². The van der Waals surface area contributed by atoms with Crippen LogP contribution in [0.5, 0.6) is 0 Å². The van der Waals surface area contributed by atoms with Gasteiger partial charge in [-0.3, -0.25) is 14.8 Å². The number of aromatic nitrogens is 3. The van der Waals surface area contributed by atoms with Crippen molar-refractivity contribution in [1.82, 2.24) is 20.0 Å². The van der Waals surface area contributed by atoms with Crippen LogP contribution < -0.4 is 0 Å². The van der Waals surface area contributed by atoms with E-state index in [1.807, 2.05) is 25.7 Å². The van der Waals surface area contributed by atoms with Crippen molar-refractivity contribution in [2.75, 3.05) is 6.54 Å². The second-order valence-electron chi connectivity index (χ2n) is 5.81. The van der Waals surface area contributed by atoms with E-state index in [4.69, 9.17) is 4.52 Å². The molecular weight excluding hydrogens is 280 g/mol. The Morgan fingerprint density at radius 3 is 2.86 bits per heavy atom. The Labute approximate surface area is 129 Å². The van der Waals surface area contributed by atoms with Gasteiger partial charge in [-0.15, -0.1) is 0 Å². The molecule has 2 aromatic rings. The van der Waals surface area contributed by atoms with Gasteiger partial charge in [0.05, 0.1) is 35.7 Å². The highest BCUT2D eigenvalue weighted by atomic mass is 16.5. The van der Waals surface area contributed by atoms with Gasteiger partial charge in [0.1, 0.15) is 5.76 Å². The van der Waals surface area contributed by atoms with Crippen molar-refractivity contribution in [3.05, 3.63) is 40.8 Å². The van der Waals surface area contributed by atoms with Crippen LogP contribution >= 0.6 is 0 Å². The second kappa shape index (κ2) is 5.87. The van der Waals surface area contributed by atoms with Crippen molar-refractivity contribution in [1.29, 1.82) is 0 Å². The Morgan fingerprint density at radius 1 is 1.36 bits per heavy atom. The zero-order chi connectivity index (χ0) is 15.7. The first kappa shape index (κ1) is 14.7. The molecule has 3 heterocycles. The Morgan fingerprint density at radius 2 is 2.18 bits per heavy atom. The van der Waals surface area contributed by atoms with Gasteiger partial charge in [0.15, 0.2) is 0 Å². The second-order valence-corrected chi connectivity index (χ2v) is 5.81. The zero-order valence-corrected chi connectivity index (χ0v) is 13.2. The Bertz CT molecular complexity index is 676. The quantitative estimate of drug-likeness (QED) is 0.869. The smallest absolute Gasteiger partial charge is 0.227 e. The van der Waals surface area contributed by atoms with Crippen LogP contribution in [0.1, 0.15) is 47.3 Å². The Hall–Kier alpha value is -2.24. The molecule has 22 heavy (non-hydrogen) atoms. The first-order valence-corrected chi connectivity index (χ1v) is 7.56. The summed E-state index contributed by atoms with van der Waals surface area (Å²) in [6.45, 7) is 6.40. The van der Waals surface area contributed by atoms with Crippen LogP contribution in [0.25, 0.3) is 0 Å². The molecule has 116 valence electrons. The van der Waals surface area contributed by atoms with Crippen molar-refractivity contribution in [2.45, 2.75) is 46.1 Å². The van der Waals surface area contributed by atoms with Gasteiger partial charge in [0.25, 0.3) is 0 Å². The van der Waals surface area contributed by atoms with E-state index in [1.54, 1.807) is 12.4 Å². The number of hydrogen-bond acceptors (Lipinski definition) is 5. The minimum Gasteiger partial charge on any atom is -0.361 e. The molecule has 0 N–H and O–H groups in total. The van der Waals surface area contributed by atoms with Crippen LogP contribution in [-0.2, 0) is 11.2 Å². The first-order valence-electron chi connectivity index (χ1n) is 7.56. The maximum Gasteiger partial charge on any atom is 0.227 e. The summed E-state index contributed by atoms with van der Waals surface area (Å²) in [4.78, 5) is 23.3. The fraction of sp³-hybridized carbons (Fsp3) is 0.500. The standard InChI is InChI=1S/C16H20N4O2/c1-10-8-17-9-14(18-10)15-5-4-6-20(15)16(21)7-13-11(2)19-22-12(13)3/h8-9,15H,4-7H2,1-3H3. The lowest BCUT2D eigenvalue weighted by atomic mass is 10.1. The minimum absolute atomic E-state index is 0.0281. The van der Waals surface area contributed by atoms with Gasteiger partial charge in [-0.25, -0.2) is 0 Å². The zero-order valence-electron chi connectivity index (χ0n) is 13.2. The molecule has 2 aromatic heterocycles. The highest BCUT2D eigenvalue weighted by Crippen LogP contribution is 2.31. The molecule has 0 spiro atoms. The molecule has 1 saturated heterocycles. The van der Waals surface area contributed by atoms with E-state index < -0.39 is 0 Å². The average Bonchev–Trinajstić information content (AvgIpc) is 3.09. The predicted molar refractivity (Wildman–Crippen MR) is 80.1 cm³/mol. The van der Waals surface area contributed by atoms with Crippen LogP contribution in [0, 0.1) is 20.8 Å². The van der Waals surface area contributed by atoms with E-state index >= 15 is 0 Å². The third-order valence-corrected chi connectivity index (χ3v) is 4.20. The van der Waals surface area contributed by atoms with Crippen LogP contribution in [0.3, 0.4) is 0 Å². The fourth-order valence-corrected chi connectivity index (χ4v) is 3.02. The SMILES string of the molecule is Cc1cncc(C2CCCN2C(=O)Cc2c(C)noc2C)n1. The molecule has 1 aliphatic heterocycles. The van der Waals surface area contributed by atoms with Crippen molar-refractivity contribution >= 4 is 5.91 Å². The van der Waals surface area contributed by atoms with Gasteiger partial charge in [-0.2, -0.15) is 0 Å². The predicted octanol–water partition coefficient (Wildman–Crippen LogP) is 2.30. The summed E-state index contributed by atoms with van der Waals surface area (Å²) in [5, 5.41) is 3.92. The number of carbonyl (C=O) groups excluding carboxylic acids is 1. The number of aryl methyl sites for hydroxylation is 3. The molecule has 3 rings (SSSR count). The number of likely N-dealkylation sites (tertiary alicyclic amines) is 1. The summed E-state index contributed by atoms with van der Waals surface area (Å²) in [6, 6.07) is 0.0281. The van der Waals surface area contributed by atoms with Gasteiger partial charge in [-0.05, 0) is 33.6 Å². The van der Waals surface area contributed by atoms with Crippen LogP contribution in [-0.4, -0.2) is 32.5 Å². The normalized spacial score (nSPS) is 18.0. The maximum absolute atomic E-state index is 12.7. The average molecular weight is 300 g/mol. The highest BCUT2D eigenvalue weighted by Gasteiger charge is 2.31. The molecule has 0 radical (unpaired) electrons. The topological polar surface area (TPSA) is 72.1 Å². The summed E-state index contributed by atoms with van der Waals surface area (Å²) >= 11 is 0. The number of rotatable bonds is 3. The number of nitrogens with zero attached hydrogens (tertiary/aromatic N) is 4. The van der Waals surface area contributed by atoms with E-state index in [0.717, 1.165) is 47.8 Å². The van der Waals surface area contributed by atoms with E-state index in [9.17, 15) is 4.79 Å². The van der Waals surface area contributed by atoms with E-state index in [-0.39, 0.29) is 11.9 Å². The number of hydrogen-bond donors (Lipinski definition) is 0. The van der Waals surface area contributed by atoms with E-state index in [1.165, 1.54) is 0 Å². The van der Waals surface area contributed by atoms with E-state index in [0.29, 0.717) is 6.42 Å². The van der Waals surface area contributed by atoms with Crippen LogP contribution in [0.4, 0.5) is 0 Å². The Kier molecular flexibility index (Phi) is 3.92. The van der Waals surface area contributed by atoms with E-state index in [2.05, 4.69) is 15.1 Å².